The lowest BCUT2D eigenvalue weighted by molar-refractivity contribution is 0.116. The molecule has 1 unspecified atom stereocenters. The summed E-state index contributed by atoms with van der Waals surface area (Å²) in [6.45, 7) is 17.7. The van der Waals surface area contributed by atoms with Gasteiger partial charge in [-0.2, -0.15) is 0 Å². The first-order valence-electron chi connectivity index (χ1n) is 8.33. The molecule has 2 nitrogen and oxygen atoms in total. The number of nitrogens with zero attached hydrogens (tertiary/aromatic N) is 1. The van der Waals surface area contributed by atoms with Crippen molar-refractivity contribution in [2.45, 2.75) is 79.3 Å². The summed E-state index contributed by atoms with van der Waals surface area (Å²) in [5, 5.41) is 3.66. The summed E-state index contributed by atoms with van der Waals surface area (Å²) >= 11 is 0. The zero-order valence-corrected chi connectivity index (χ0v) is 14.1. The molecule has 0 aliphatic heterocycles. The molecule has 0 aromatic rings. The third-order valence-electron chi connectivity index (χ3n) is 4.30. The molecule has 0 amide bonds. The third-order valence-corrected chi connectivity index (χ3v) is 4.30. The second kappa shape index (κ2) is 7.64. The first-order valence-corrected chi connectivity index (χ1v) is 8.33. The molecule has 0 aromatic heterocycles. The van der Waals surface area contributed by atoms with Crippen LogP contribution in [0.25, 0.3) is 0 Å². The molecule has 114 valence electrons. The van der Waals surface area contributed by atoms with Crippen LogP contribution in [0, 0.1) is 11.3 Å². The van der Waals surface area contributed by atoms with E-state index < -0.39 is 0 Å². The molecule has 0 aromatic carbocycles. The Morgan fingerprint density at radius 1 is 1.21 bits per heavy atom. The second-order valence-corrected chi connectivity index (χ2v) is 7.56. The molecule has 0 saturated heterocycles. The van der Waals surface area contributed by atoms with E-state index in [1.165, 1.54) is 38.8 Å². The van der Waals surface area contributed by atoms with E-state index in [1.54, 1.807) is 0 Å². The van der Waals surface area contributed by atoms with Crippen LogP contribution in [0.15, 0.2) is 0 Å². The van der Waals surface area contributed by atoms with Gasteiger partial charge in [-0.15, -0.1) is 0 Å². The van der Waals surface area contributed by atoms with Gasteiger partial charge in [-0.05, 0) is 44.4 Å². The van der Waals surface area contributed by atoms with Crippen LogP contribution in [-0.2, 0) is 0 Å². The SMILES string of the molecule is CCCC(C)(CNC(C)C)CN(CC1CC1)C(C)C. The molecule has 0 spiro atoms. The predicted molar refractivity (Wildman–Crippen MR) is 85.6 cm³/mol. The maximum Gasteiger partial charge on any atom is 0.00503 e. The zero-order chi connectivity index (χ0) is 14.5. The van der Waals surface area contributed by atoms with Crippen molar-refractivity contribution in [3.05, 3.63) is 0 Å². The Labute approximate surface area is 121 Å². The Balaban J connectivity index is 2.55. The summed E-state index contributed by atoms with van der Waals surface area (Å²) < 4.78 is 0. The highest BCUT2D eigenvalue weighted by Gasteiger charge is 2.31. The lowest BCUT2D eigenvalue weighted by Crippen LogP contribution is -2.46. The second-order valence-electron chi connectivity index (χ2n) is 7.56. The van der Waals surface area contributed by atoms with Crippen LogP contribution in [0.2, 0.25) is 0 Å². The molecule has 0 heterocycles. The van der Waals surface area contributed by atoms with Crippen molar-refractivity contribution in [2.24, 2.45) is 11.3 Å². The van der Waals surface area contributed by atoms with E-state index in [4.69, 9.17) is 0 Å². The van der Waals surface area contributed by atoms with Crippen molar-refractivity contribution in [3.8, 4) is 0 Å². The molecule has 2 heteroatoms. The first-order chi connectivity index (χ1) is 8.86. The molecule has 1 aliphatic rings. The molecule has 1 saturated carbocycles. The standard InChI is InChI=1S/C17H36N2/c1-7-10-17(6,12-18-14(2)3)13-19(15(4)5)11-16-8-9-16/h14-16,18H,7-13H2,1-6H3. The molecule has 0 radical (unpaired) electrons. The van der Waals surface area contributed by atoms with Crippen molar-refractivity contribution in [1.82, 2.24) is 10.2 Å². The zero-order valence-electron chi connectivity index (χ0n) is 14.1. The van der Waals surface area contributed by atoms with Crippen molar-refractivity contribution in [2.75, 3.05) is 19.6 Å². The molecule has 19 heavy (non-hydrogen) atoms. The largest absolute Gasteiger partial charge is 0.314 e. The quantitative estimate of drug-likeness (QED) is 0.646. The van der Waals surface area contributed by atoms with E-state index >= 15 is 0 Å². The fourth-order valence-electron chi connectivity index (χ4n) is 2.86. The molecular weight excluding hydrogens is 232 g/mol. The summed E-state index contributed by atoms with van der Waals surface area (Å²) in [6.07, 6.45) is 5.52. The highest BCUT2D eigenvalue weighted by atomic mass is 15.2. The van der Waals surface area contributed by atoms with Gasteiger partial charge in [-0.3, -0.25) is 0 Å². The van der Waals surface area contributed by atoms with E-state index in [-0.39, 0.29) is 0 Å². The molecule has 1 fully saturated rings. The summed E-state index contributed by atoms with van der Waals surface area (Å²) in [5.41, 5.74) is 0.415. The van der Waals surface area contributed by atoms with Gasteiger partial charge in [-0.1, -0.05) is 34.1 Å². The normalized spacial score (nSPS) is 19.4. The summed E-state index contributed by atoms with van der Waals surface area (Å²) in [6, 6.07) is 1.27. The topological polar surface area (TPSA) is 15.3 Å². The van der Waals surface area contributed by atoms with E-state index in [2.05, 4.69) is 51.8 Å². The Bertz CT molecular complexity index is 246. The van der Waals surface area contributed by atoms with Crippen LogP contribution in [0.4, 0.5) is 0 Å². The minimum Gasteiger partial charge on any atom is -0.314 e. The van der Waals surface area contributed by atoms with Gasteiger partial charge >= 0.3 is 0 Å². The molecule has 0 bridgehead atoms. The number of hydrogen-bond donors (Lipinski definition) is 1. The molecule has 1 rings (SSSR count). The monoisotopic (exact) mass is 268 g/mol. The minimum absolute atomic E-state index is 0.415. The average molecular weight is 268 g/mol. The Morgan fingerprint density at radius 3 is 2.26 bits per heavy atom. The van der Waals surface area contributed by atoms with Crippen LogP contribution in [0.3, 0.4) is 0 Å². The lowest BCUT2D eigenvalue weighted by Gasteiger charge is -2.38. The Morgan fingerprint density at radius 2 is 1.84 bits per heavy atom. The summed E-state index contributed by atoms with van der Waals surface area (Å²) in [5.74, 6) is 0.992. The van der Waals surface area contributed by atoms with Crippen molar-refractivity contribution in [3.63, 3.8) is 0 Å². The average Bonchev–Trinajstić information content (AvgIpc) is 3.10. The summed E-state index contributed by atoms with van der Waals surface area (Å²) in [4.78, 5) is 2.72. The van der Waals surface area contributed by atoms with Crippen LogP contribution >= 0.6 is 0 Å². The molecule has 1 aliphatic carbocycles. The van der Waals surface area contributed by atoms with Crippen LogP contribution in [-0.4, -0.2) is 36.6 Å². The number of hydrogen-bond acceptors (Lipinski definition) is 2. The van der Waals surface area contributed by atoms with Gasteiger partial charge in [0.1, 0.15) is 0 Å². The fourth-order valence-corrected chi connectivity index (χ4v) is 2.86. The van der Waals surface area contributed by atoms with Gasteiger partial charge in [0.05, 0.1) is 0 Å². The minimum atomic E-state index is 0.415. The van der Waals surface area contributed by atoms with E-state index in [0.717, 1.165) is 12.5 Å². The third kappa shape index (κ3) is 6.76. The number of nitrogens with one attached hydrogen (secondary N) is 1. The van der Waals surface area contributed by atoms with Gasteiger partial charge in [0.15, 0.2) is 0 Å². The van der Waals surface area contributed by atoms with Gasteiger partial charge < -0.3 is 10.2 Å². The van der Waals surface area contributed by atoms with Crippen molar-refractivity contribution < 1.29 is 0 Å². The number of rotatable bonds is 10. The maximum atomic E-state index is 3.66. The molecular formula is C17H36N2. The highest BCUT2D eigenvalue weighted by molar-refractivity contribution is 4.85. The fraction of sp³-hybridized carbons (Fsp3) is 1.00. The van der Waals surface area contributed by atoms with Crippen LogP contribution in [0.5, 0.6) is 0 Å². The van der Waals surface area contributed by atoms with Gasteiger partial charge in [-0.25, -0.2) is 0 Å². The molecule has 1 atom stereocenters. The smallest absolute Gasteiger partial charge is 0.00503 e. The van der Waals surface area contributed by atoms with Crippen molar-refractivity contribution in [1.29, 1.82) is 0 Å². The van der Waals surface area contributed by atoms with E-state index in [9.17, 15) is 0 Å². The molecule has 1 N–H and O–H groups in total. The summed E-state index contributed by atoms with van der Waals surface area (Å²) in [7, 11) is 0. The van der Waals surface area contributed by atoms with E-state index in [0.29, 0.717) is 17.5 Å². The predicted octanol–water partition coefficient (Wildman–Crippen LogP) is 3.91. The lowest BCUT2D eigenvalue weighted by atomic mass is 9.84. The maximum absolute atomic E-state index is 3.66. The Hall–Kier alpha value is -0.0800. The van der Waals surface area contributed by atoms with E-state index in [1.807, 2.05) is 0 Å². The van der Waals surface area contributed by atoms with Gasteiger partial charge in [0, 0.05) is 31.7 Å². The Kier molecular flexibility index (Phi) is 6.82. The van der Waals surface area contributed by atoms with Crippen LogP contribution < -0.4 is 5.32 Å². The van der Waals surface area contributed by atoms with Gasteiger partial charge in [0.25, 0.3) is 0 Å². The first kappa shape index (κ1) is 17.0. The van der Waals surface area contributed by atoms with Crippen LogP contribution in [0.1, 0.15) is 67.2 Å². The van der Waals surface area contributed by atoms with Crippen molar-refractivity contribution >= 4 is 0 Å². The highest BCUT2D eigenvalue weighted by Crippen LogP contribution is 2.32. The van der Waals surface area contributed by atoms with Gasteiger partial charge in [0.2, 0.25) is 0 Å².